The van der Waals surface area contributed by atoms with E-state index in [1.165, 1.54) is 38.9 Å². The molecule has 0 saturated carbocycles. The summed E-state index contributed by atoms with van der Waals surface area (Å²) in [5.41, 5.74) is 0. The molecule has 1 nitrogen and oxygen atoms in total. The van der Waals surface area contributed by atoms with Crippen molar-refractivity contribution >= 4 is 15.9 Å². The molecular formula is C11H22BrN. The van der Waals surface area contributed by atoms with E-state index in [1.54, 1.807) is 0 Å². The van der Waals surface area contributed by atoms with Crippen LogP contribution in [0.4, 0.5) is 0 Å². The number of halogens is 1. The van der Waals surface area contributed by atoms with E-state index >= 15 is 0 Å². The van der Waals surface area contributed by atoms with Crippen molar-refractivity contribution in [3.63, 3.8) is 0 Å². The molecule has 2 atom stereocenters. The second-order valence-electron chi connectivity index (χ2n) is 4.44. The fourth-order valence-electron chi connectivity index (χ4n) is 2.14. The Kier molecular flexibility index (Phi) is 5.34. The standard InChI is InChI=1S/C11H22BrN/c1-3-11-5-4-6-13(9-11)8-10(2)7-12/h10-11H,3-9H2,1-2H3. The smallest absolute Gasteiger partial charge is 0.00692 e. The first kappa shape index (κ1) is 11.5. The monoisotopic (exact) mass is 247 g/mol. The molecule has 1 saturated heterocycles. The third kappa shape index (κ3) is 3.99. The number of rotatable bonds is 4. The van der Waals surface area contributed by atoms with Crippen molar-refractivity contribution < 1.29 is 0 Å². The fourth-order valence-corrected chi connectivity index (χ4v) is 2.34. The summed E-state index contributed by atoms with van der Waals surface area (Å²) in [7, 11) is 0. The maximum atomic E-state index is 3.55. The molecule has 1 aliphatic heterocycles. The Labute approximate surface area is 91.0 Å². The van der Waals surface area contributed by atoms with E-state index in [-0.39, 0.29) is 0 Å². The highest BCUT2D eigenvalue weighted by Crippen LogP contribution is 2.20. The molecule has 0 spiro atoms. The molecule has 0 amide bonds. The highest BCUT2D eigenvalue weighted by molar-refractivity contribution is 9.09. The molecule has 13 heavy (non-hydrogen) atoms. The van der Waals surface area contributed by atoms with Crippen LogP contribution in [0.2, 0.25) is 0 Å². The predicted molar refractivity (Wildman–Crippen MR) is 62.4 cm³/mol. The van der Waals surface area contributed by atoms with E-state index in [2.05, 4.69) is 34.7 Å². The lowest BCUT2D eigenvalue weighted by atomic mass is 9.95. The van der Waals surface area contributed by atoms with Gasteiger partial charge >= 0.3 is 0 Å². The summed E-state index contributed by atoms with van der Waals surface area (Å²) in [5.74, 6) is 1.77. The van der Waals surface area contributed by atoms with Gasteiger partial charge in [0.2, 0.25) is 0 Å². The Hall–Kier alpha value is 0.440. The van der Waals surface area contributed by atoms with Crippen molar-refractivity contribution in [3.05, 3.63) is 0 Å². The summed E-state index contributed by atoms with van der Waals surface area (Å²) in [6.07, 6.45) is 4.22. The van der Waals surface area contributed by atoms with E-state index < -0.39 is 0 Å². The molecule has 0 N–H and O–H groups in total. The van der Waals surface area contributed by atoms with Gasteiger partial charge < -0.3 is 4.90 Å². The molecule has 0 aromatic heterocycles. The molecule has 2 unspecified atom stereocenters. The van der Waals surface area contributed by atoms with Gasteiger partial charge in [0.05, 0.1) is 0 Å². The number of likely N-dealkylation sites (tertiary alicyclic amines) is 1. The largest absolute Gasteiger partial charge is 0.303 e. The summed E-state index contributed by atoms with van der Waals surface area (Å²) < 4.78 is 0. The minimum Gasteiger partial charge on any atom is -0.303 e. The van der Waals surface area contributed by atoms with Crippen LogP contribution < -0.4 is 0 Å². The van der Waals surface area contributed by atoms with Gasteiger partial charge in [-0.2, -0.15) is 0 Å². The maximum Gasteiger partial charge on any atom is 0.00692 e. The van der Waals surface area contributed by atoms with Gasteiger partial charge in [0.25, 0.3) is 0 Å². The number of hydrogen-bond donors (Lipinski definition) is 0. The average molecular weight is 248 g/mol. The normalized spacial score (nSPS) is 27.5. The number of piperidine rings is 1. The van der Waals surface area contributed by atoms with Crippen LogP contribution in [0.3, 0.4) is 0 Å². The molecule has 0 aliphatic carbocycles. The first-order chi connectivity index (χ1) is 6.26. The van der Waals surface area contributed by atoms with Crippen LogP contribution in [0.5, 0.6) is 0 Å². The van der Waals surface area contributed by atoms with Crippen LogP contribution in [-0.4, -0.2) is 29.9 Å². The molecular weight excluding hydrogens is 226 g/mol. The van der Waals surface area contributed by atoms with E-state index in [0.29, 0.717) is 0 Å². The van der Waals surface area contributed by atoms with Crippen LogP contribution in [0.1, 0.15) is 33.1 Å². The van der Waals surface area contributed by atoms with Crippen molar-refractivity contribution in [1.82, 2.24) is 4.90 Å². The first-order valence-electron chi connectivity index (χ1n) is 5.54. The van der Waals surface area contributed by atoms with E-state index in [1.807, 2.05) is 0 Å². The lowest BCUT2D eigenvalue weighted by Gasteiger charge is -2.33. The minimum atomic E-state index is 0.801. The summed E-state index contributed by atoms with van der Waals surface area (Å²) in [6.45, 7) is 8.59. The number of hydrogen-bond acceptors (Lipinski definition) is 1. The van der Waals surface area contributed by atoms with Crippen molar-refractivity contribution in [2.75, 3.05) is 25.0 Å². The molecule has 1 heterocycles. The van der Waals surface area contributed by atoms with Crippen LogP contribution >= 0.6 is 15.9 Å². The molecule has 78 valence electrons. The van der Waals surface area contributed by atoms with E-state index in [9.17, 15) is 0 Å². The lowest BCUT2D eigenvalue weighted by molar-refractivity contribution is 0.157. The number of nitrogens with zero attached hydrogens (tertiary/aromatic N) is 1. The van der Waals surface area contributed by atoms with Gasteiger partial charge in [-0.1, -0.05) is 36.2 Å². The van der Waals surface area contributed by atoms with Gasteiger partial charge in [-0.25, -0.2) is 0 Å². The zero-order chi connectivity index (χ0) is 9.68. The van der Waals surface area contributed by atoms with Gasteiger partial charge in [0, 0.05) is 18.4 Å². The van der Waals surface area contributed by atoms with Gasteiger partial charge in [-0.15, -0.1) is 0 Å². The average Bonchev–Trinajstić information content (AvgIpc) is 2.18. The van der Waals surface area contributed by atoms with E-state index in [4.69, 9.17) is 0 Å². The van der Waals surface area contributed by atoms with Gasteiger partial charge in [-0.05, 0) is 31.2 Å². The van der Waals surface area contributed by atoms with Gasteiger partial charge in [0.1, 0.15) is 0 Å². The Morgan fingerprint density at radius 3 is 2.92 bits per heavy atom. The van der Waals surface area contributed by atoms with Crippen molar-refractivity contribution in [3.8, 4) is 0 Å². The van der Waals surface area contributed by atoms with Crippen molar-refractivity contribution in [1.29, 1.82) is 0 Å². The molecule has 2 heteroatoms. The predicted octanol–water partition coefficient (Wildman–Crippen LogP) is 3.14. The second-order valence-corrected chi connectivity index (χ2v) is 5.08. The molecule has 0 aromatic rings. The summed E-state index contributed by atoms with van der Waals surface area (Å²) in [6, 6.07) is 0. The quantitative estimate of drug-likeness (QED) is 0.691. The Morgan fingerprint density at radius 2 is 2.31 bits per heavy atom. The first-order valence-corrected chi connectivity index (χ1v) is 6.66. The third-order valence-corrected chi connectivity index (χ3v) is 4.12. The lowest BCUT2D eigenvalue weighted by Crippen LogP contribution is -2.38. The highest BCUT2D eigenvalue weighted by Gasteiger charge is 2.19. The van der Waals surface area contributed by atoms with Crippen LogP contribution in [0, 0.1) is 11.8 Å². The minimum absolute atomic E-state index is 0.801. The summed E-state index contributed by atoms with van der Waals surface area (Å²) in [5, 5.41) is 1.14. The Morgan fingerprint density at radius 1 is 1.54 bits per heavy atom. The molecule has 1 fully saturated rings. The van der Waals surface area contributed by atoms with Crippen LogP contribution in [-0.2, 0) is 0 Å². The fraction of sp³-hybridized carbons (Fsp3) is 1.00. The molecule has 1 aliphatic rings. The summed E-state index contributed by atoms with van der Waals surface area (Å²) in [4.78, 5) is 2.64. The van der Waals surface area contributed by atoms with Crippen LogP contribution in [0.25, 0.3) is 0 Å². The molecule has 0 bridgehead atoms. The SMILES string of the molecule is CCC1CCCN(CC(C)CBr)C1. The highest BCUT2D eigenvalue weighted by atomic mass is 79.9. The molecule has 1 rings (SSSR count). The van der Waals surface area contributed by atoms with Crippen molar-refractivity contribution in [2.24, 2.45) is 11.8 Å². The molecule has 0 aromatic carbocycles. The Bertz CT molecular complexity index is 136. The van der Waals surface area contributed by atoms with Gasteiger partial charge in [0.15, 0.2) is 0 Å². The Balaban J connectivity index is 2.25. The third-order valence-electron chi connectivity index (χ3n) is 3.01. The topological polar surface area (TPSA) is 3.24 Å². The zero-order valence-corrected chi connectivity index (χ0v) is 10.5. The maximum absolute atomic E-state index is 3.55. The van der Waals surface area contributed by atoms with Gasteiger partial charge in [-0.3, -0.25) is 0 Å². The molecule has 0 radical (unpaired) electrons. The zero-order valence-electron chi connectivity index (χ0n) is 8.93. The number of alkyl halides is 1. The second kappa shape index (κ2) is 6.02. The summed E-state index contributed by atoms with van der Waals surface area (Å²) >= 11 is 3.55. The van der Waals surface area contributed by atoms with Crippen LogP contribution in [0.15, 0.2) is 0 Å². The van der Waals surface area contributed by atoms with E-state index in [0.717, 1.165) is 17.2 Å². The van der Waals surface area contributed by atoms with Crippen molar-refractivity contribution in [2.45, 2.75) is 33.1 Å².